The van der Waals surface area contributed by atoms with Gasteiger partial charge in [0.2, 0.25) is 5.91 Å². The molecule has 0 aliphatic heterocycles. The van der Waals surface area contributed by atoms with Gasteiger partial charge in [0, 0.05) is 11.6 Å². The minimum absolute atomic E-state index is 0.0475. The van der Waals surface area contributed by atoms with E-state index in [4.69, 9.17) is 10.5 Å². The number of hydrogen-bond acceptors (Lipinski definition) is 3. The number of carbonyl (C=O) groups is 1. The highest BCUT2D eigenvalue weighted by Gasteiger charge is 2.48. The fraction of sp³-hybridized carbons (Fsp3) is 0.611. The van der Waals surface area contributed by atoms with Gasteiger partial charge in [0.15, 0.2) is 0 Å². The Morgan fingerprint density at radius 3 is 2.74 bits per heavy atom. The van der Waals surface area contributed by atoms with Crippen LogP contribution in [0.3, 0.4) is 0 Å². The molecule has 1 fully saturated rings. The zero-order valence-electron chi connectivity index (χ0n) is 13.8. The quantitative estimate of drug-likeness (QED) is 0.846. The summed E-state index contributed by atoms with van der Waals surface area (Å²) < 4.78 is 6.58. The number of fused-ring (bicyclic) bond motifs is 1. The molecule has 1 aromatic carbocycles. The lowest BCUT2D eigenvalue weighted by Crippen LogP contribution is -2.46. The number of carbonyl (C=O) groups excluding carboxylic acids is 1. The molecule has 0 radical (unpaired) electrons. The Kier molecular flexibility index (Phi) is 4.81. The number of halogens is 1. The third-order valence-corrected chi connectivity index (χ3v) is 6.03. The molecular weight excluding hydrogens is 356 g/mol. The predicted octanol–water partition coefficient (Wildman–Crippen LogP) is 3.09. The normalized spacial score (nSPS) is 31.0. The van der Waals surface area contributed by atoms with Gasteiger partial charge in [-0.2, -0.15) is 0 Å². The first-order valence-electron chi connectivity index (χ1n) is 8.32. The SMILES string of the molecule is COC1CCC2(CC1)Cc1ccc(Br)cc1[C@H]2NC(=O)[C@H](C)N. The summed E-state index contributed by atoms with van der Waals surface area (Å²) in [6.45, 7) is 1.74. The maximum absolute atomic E-state index is 12.3. The lowest BCUT2D eigenvalue weighted by molar-refractivity contribution is -0.124. The second kappa shape index (κ2) is 6.54. The molecule has 126 valence electrons. The molecule has 1 saturated carbocycles. The van der Waals surface area contributed by atoms with Gasteiger partial charge in [0.05, 0.1) is 18.2 Å². The smallest absolute Gasteiger partial charge is 0.237 e. The topological polar surface area (TPSA) is 64.3 Å². The number of benzene rings is 1. The van der Waals surface area contributed by atoms with Crippen LogP contribution < -0.4 is 11.1 Å². The summed E-state index contributed by atoms with van der Waals surface area (Å²) >= 11 is 3.56. The van der Waals surface area contributed by atoms with Crippen LogP contribution >= 0.6 is 15.9 Å². The average molecular weight is 381 g/mol. The number of nitrogens with two attached hydrogens (primary N) is 1. The van der Waals surface area contributed by atoms with E-state index in [9.17, 15) is 4.79 Å². The highest BCUT2D eigenvalue weighted by molar-refractivity contribution is 9.10. The summed E-state index contributed by atoms with van der Waals surface area (Å²) in [6.07, 6.45) is 5.62. The first kappa shape index (κ1) is 16.9. The zero-order valence-corrected chi connectivity index (χ0v) is 15.4. The van der Waals surface area contributed by atoms with Crippen molar-refractivity contribution in [3.8, 4) is 0 Å². The number of nitrogens with one attached hydrogen (secondary N) is 1. The Morgan fingerprint density at radius 1 is 1.43 bits per heavy atom. The summed E-state index contributed by atoms with van der Waals surface area (Å²) in [6, 6.07) is 5.98. The van der Waals surface area contributed by atoms with Crippen molar-refractivity contribution < 1.29 is 9.53 Å². The van der Waals surface area contributed by atoms with E-state index >= 15 is 0 Å². The van der Waals surface area contributed by atoms with Crippen LogP contribution in [0.5, 0.6) is 0 Å². The maximum atomic E-state index is 12.3. The number of rotatable bonds is 3. The van der Waals surface area contributed by atoms with Gasteiger partial charge in [-0.3, -0.25) is 4.79 Å². The molecule has 2 aliphatic rings. The summed E-state index contributed by atoms with van der Waals surface area (Å²) in [5.41, 5.74) is 8.47. The van der Waals surface area contributed by atoms with Gasteiger partial charge in [-0.05, 0) is 67.7 Å². The third kappa shape index (κ3) is 3.19. The summed E-state index contributed by atoms with van der Waals surface area (Å²) in [7, 11) is 1.79. The molecular formula is C18H25BrN2O2. The van der Waals surface area contributed by atoms with Crippen LogP contribution in [-0.2, 0) is 16.0 Å². The first-order valence-corrected chi connectivity index (χ1v) is 9.11. The van der Waals surface area contributed by atoms with Gasteiger partial charge in [-0.25, -0.2) is 0 Å². The largest absolute Gasteiger partial charge is 0.381 e. The van der Waals surface area contributed by atoms with E-state index in [1.54, 1.807) is 14.0 Å². The molecule has 0 bridgehead atoms. The van der Waals surface area contributed by atoms with Gasteiger partial charge >= 0.3 is 0 Å². The van der Waals surface area contributed by atoms with Gasteiger partial charge in [-0.1, -0.05) is 22.0 Å². The molecule has 23 heavy (non-hydrogen) atoms. The van der Waals surface area contributed by atoms with Gasteiger partial charge < -0.3 is 15.8 Å². The monoisotopic (exact) mass is 380 g/mol. The summed E-state index contributed by atoms with van der Waals surface area (Å²) in [4.78, 5) is 12.3. The van der Waals surface area contributed by atoms with Gasteiger partial charge in [0.25, 0.3) is 0 Å². The molecule has 2 atom stereocenters. The van der Waals surface area contributed by atoms with Crippen LogP contribution in [0.25, 0.3) is 0 Å². The molecule has 2 aliphatic carbocycles. The number of amides is 1. The molecule has 0 unspecified atom stereocenters. The minimum atomic E-state index is -0.487. The van der Waals surface area contributed by atoms with Crippen molar-refractivity contribution in [3.63, 3.8) is 0 Å². The van der Waals surface area contributed by atoms with Crippen LogP contribution in [0.15, 0.2) is 22.7 Å². The van der Waals surface area contributed by atoms with Crippen molar-refractivity contribution >= 4 is 21.8 Å². The van der Waals surface area contributed by atoms with E-state index in [2.05, 4.69) is 39.4 Å². The van der Waals surface area contributed by atoms with E-state index in [0.717, 1.165) is 36.6 Å². The summed E-state index contributed by atoms with van der Waals surface area (Å²) in [5.74, 6) is -0.0731. The molecule has 3 rings (SSSR count). The van der Waals surface area contributed by atoms with Crippen molar-refractivity contribution in [2.24, 2.45) is 11.1 Å². The first-order chi connectivity index (χ1) is 10.9. The molecule has 4 nitrogen and oxygen atoms in total. The van der Waals surface area contributed by atoms with E-state index in [1.165, 1.54) is 11.1 Å². The highest BCUT2D eigenvalue weighted by atomic mass is 79.9. The van der Waals surface area contributed by atoms with Crippen molar-refractivity contribution in [1.29, 1.82) is 0 Å². The fourth-order valence-electron chi connectivity index (χ4n) is 4.18. The molecule has 1 amide bonds. The van der Waals surface area contributed by atoms with Crippen molar-refractivity contribution in [3.05, 3.63) is 33.8 Å². The Hall–Kier alpha value is -0.910. The number of methoxy groups -OCH3 is 1. The van der Waals surface area contributed by atoms with Crippen LogP contribution in [0.1, 0.15) is 49.8 Å². The second-order valence-corrected chi connectivity index (χ2v) is 7.96. The fourth-order valence-corrected chi connectivity index (χ4v) is 4.56. The molecule has 5 heteroatoms. The summed E-state index contributed by atoms with van der Waals surface area (Å²) in [5, 5.41) is 3.23. The molecule has 0 saturated heterocycles. The van der Waals surface area contributed by atoms with E-state index in [1.807, 2.05) is 0 Å². The molecule has 0 heterocycles. The van der Waals surface area contributed by atoms with Crippen LogP contribution in [-0.4, -0.2) is 25.2 Å². The van der Waals surface area contributed by atoms with E-state index in [0.29, 0.717) is 6.10 Å². The van der Waals surface area contributed by atoms with Crippen LogP contribution in [0.4, 0.5) is 0 Å². The Bertz CT molecular complexity index is 595. The minimum Gasteiger partial charge on any atom is -0.381 e. The standard InChI is InChI=1S/C18H25BrN2O2/c1-11(20)17(22)21-16-15-9-13(19)4-3-12(15)10-18(16)7-5-14(23-2)6-8-18/h3-4,9,11,14,16H,5-8,10,20H2,1-2H3,(H,21,22)/t11-,14?,16+,18?/m0/s1. The molecule has 0 aromatic heterocycles. The number of hydrogen-bond donors (Lipinski definition) is 2. The predicted molar refractivity (Wildman–Crippen MR) is 94.1 cm³/mol. The average Bonchev–Trinajstić information content (AvgIpc) is 2.81. The highest BCUT2D eigenvalue weighted by Crippen LogP contribution is 2.54. The van der Waals surface area contributed by atoms with Crippen LogP contribution in [0, 0.1) is 5.41 Å². The lowest BCUT2D eigenvalue weighted by atomic mass is 9.68. The van der Waals surface area contributed by atoms with Crippen LogP contribution in [0.2, 0.25) is 0 Å². The van der Waals surface area contributed by atoms with Crippen molar-refractivity contribution in [1.82, 2.24) is 5.32 Å². The molecule has 1 spiro atoms. The molecule has 3 N–H and O–H groups in total. The lowest BCUT2D eigenvalue weighted by Gasteiger charge is -2.42. The van der Waals surface area contributed by atoms with Crippen molar-refractivity contribution in [2.75, 3.05) is 7.11 Å². The van der Waals surface area contributed by atoms with Crippen molar-refractivity contribution in [2.45, 2.75) is 57.2 Å². The molecule has 1 aromatic rings. The van der Waals surface area contributed by atoms with E-state index in [-0.39, 0.29) is 17.4 Å². The maximum Gasteiger partial charge on any atom is 0.237 e. The third-order valence-electron chi connectivity index (χ3n) is 5.54. The Labute approximate surface area is 146 Å². The van der Waals surface area contributed by atoms with Gasteiger partial charge in [0.1, 0.15) is 0 Å². The van der Waals surface area contributed by atoms with E-state index < -0.39 is 6.04 Å². The second-order valence-electron chi connectivity index (χ2n) is 7.05. The number of ether oxygens (including phenoxy) is 1. The van der Waals surface area contributed by atoms with Gasteiger partial charge in [-0.15, -0.1) is 0 Å². The Morgan fingerprint density at radius 2 is 2.13 bits per heavy atom. The Balaban J connectivity index is 1.91. The zero-order chi connectivity index (χ0) is 16.6.